The van der Waals surface area contributed by atoms with Crippen molar-refractivity contribution < 1.29 is 14.7 Å². The van der Waals surface area contributed by atoms with Gasteiger partial charge in [-0.1, -0.05) is 24.8 Å². The zero-order chi connectivity index (χ0) is 12.1. The van der Waals surface area contributed by atoms with Gasteiger partial charge in [0.05, 0.1) is 0 Å². The van der Waals surface area contributed by atoms with Gasteiger partial charge in [0.1, 0.15) is 6.04 Å². The molecule has 0 fully saturated rings. The fraction of sp³-hybridized carbons (Fsp3) is 0.167. The first-order chi connectivity index (χ1) is 7.54. The van der Waals surface area contributed by atoms with E-state index in [0.717, 1.165) is 5.56 Å². The average Bonchev–Trinajstić information content (AvgIpc) is 2.28. The van der Waals surface area contributed by atoms with Gasteiger partial charge in [0.25, 0.3) is 5.91 Å². The second-order valence-electron chi connectivity index (χ2n) is 3.36. The lowest BCUT2D eigenvalue weighted by Crippen LogP contribution is -2.38. The summed E-state index contributed by atoms with van der Waals surface area (Å²) in [7, 11) is 0. The maximum Gasteiger partial charge on any atom is 0.325 e. The molecule has 0 aliphatic heterocycles. The summed E-state index contributed by atoms with van der Waals surface area (Å²) in [6, 6.07) is 5.84. The van der Waals surface area contributed by atoms with Gasteiger partial charge in [-0.25, -0.2) is 0 Å². The number of carboxylic acids is 1. The highest BCUT2D eigenvalue weighted by Crippen LogP contribution is 2.05. The summed E-state index contributed by atoms with van der Waals surface area (Å²) in [4.78, 5) is 22.1. The van der Waals surface area contributed by atoms with Crippen molar-refractivity contribution in [2.75, 3.05) is 0 Å². The fourth-order valence-electron chi connectivity index (χ4n) is 1.11. The van der Waals surface area contributed by atoms with Crippen molar-refractivity contribution in [3.8, 4) is 0 Å². The summed E-state index contributed by atoms with van der Waals surface area (Å²) in [5.74, 6) is -1.46. The Balaban J connectivity index is 2.73. The molecule has 0 radical (unpaired) electrons. The van der Waals surface area contributed by atoms with E-state index in [1.807, 2.05) is 0 Å². The zero-order valence-electron chi connectivity index (χ0n) is 8.93. The number of carbonyl (C=O) groups excluding carboxylic acids is 1. The monoisotopic (exact) mass is 219 g/mol. The second-order valence-corrected chi connectivity index (χ2v) is 3.36. The molecule has 4 heteroatoms. The van der Waals surface area contributed by atoms with Crippen molar-refractivity contribution in [1.29, 1.82) is 0 Å². The highest BCUT2D eigenvalue weighted by Gasteiger charge is 2.14. The van der Waals surface area contributed by atoms with Gasteiger partial charge in [-0.05, 0) is 24.6 Å². The van der Waals surface area contributed by atoms with Crippen molar-refractivity contribution in [2.24, 2.45) is 0 Å². The largest absolute Gasteiger partial charge is 0.480 e. The molecule has 0 bridgehead atoms. The van der Waals surface area contributed by atoms with Crippen LogP contribution in [0.2, 0.25) is 0 Å². The number of carbonyl (C=O) groups is 2. The van der Waals surface area contributed by atoms with E-state index in [1.54, 1.807) is 30.3 Å². The lowest BCUT2D eigenvalue weighted by molar-refractivity contribution is -0.138. The maximum absolute atomic E-state index is 11.6. The summed E-state index contributed by atoms with van der Waals surface area (Å²) < 4.78 is 0. The molecule has 1 atom stereocenters. The predicted molar refractivity (Wildman–Crippen MR) is 61.1 cm³/mol. The molecular weight excluding hydrogens is 206 g/mol. The molecule has 0 saturated carbocycles. The van der Waals surface area contributed by atoms with E-state index in [1.165, 1.54) is 6.92 Å². The van der Waals surface area contributed by atoms with Crippen molar-refractivity contribution >= 4 is 18.0 Å². The number of nitrogens with one attached hydrogen (secondary N) is 1. The zero-order valence-corrected chi connectivity index (χ0v) is 8.93. The van der Waals surface area contributed by atoms with E-state index >= 15 is 0 Å². The molecule has 1 amide bonds. The molecule has 1 rings (SSSR count). The van der Waals surface area contributed by atoms with Crippen LogP contribution in [0.3, 0.4) is 0 Å². The number of hydrogen-bond donors (Lipinski definition) is 2. The van der Waals surface area contributed by atoms with E-state index in [-0.39, 0.29) is 0 Å². The van der Waals surface area contributed by atoms with E-state index in [0.29, 0.717) is 5.56 Å². The Morgan fingerprint density at radius 2 is 1.94 bits per heavy atom. The van der Waals surface area contributed by atoms with Crippen LogP contribution in [0.25, 0.3) is 6.08 Å². The highest BCUT2D eigenvalue weighted by atomic mass is 16.4. The Hall–Kier alpha value is -2.10. The molecule has 0 spiro atoms. The molecule has 0 aliphatic carbocycles. The van der Waals surface area contributed by atoms with E-state index in [2.05, 4.69) is 11.9 Å². The van der Waals surface area contributed by atoms with E-state index < -0.39 is 17.9 Å². The van der Waals surface area contributed by atoms with Crippen molar-refractivity contribution in [3.05, 3.63) is 42.0 Å². The maximum atomic E-state index is 11.6. The predicted octanol–water partition coefficient (Wildman–Crippen LogP) is 1.53. The quantitative estimate of drug-likeness (QED) is 0.807. The Labute approximate surface area is 93.6 Å². The molecule has 0 saturated heterocycles. The van der Waals surface area contributed by atoms with Crippen LogP contribution in [0, 0.1) is 0 Å². The SMILES string of the molecule is C=Cc1ccc(C(=O)NC(C)C(=O)O)cc1. The van der Waals surface area contributed by atoms with Crippen molar-refractivity contribution in [1.82, 2.24) is 5.32 Å². The van der Waals surface area contributed by atoms with Gasteiger partial charge in [-0.3, -0.25) is 9.59 Å². The smallest absolute Gasteiger partial charge is 0.325 e. The first-order valence-corrected chi connectivity index (χ1v) is 4.80. The first kappa shape index (κ1) is 12.0. The second kappa shape index (κ2) is 5.11. The van der Waals surface area contributed by atoms with Gasteiger partial charge in [-0.15, -0.1) is 0 Å². The topological polar surface area (TPSA) is 66.4 Å². The van der Waals surface area contributed by atoms with Crippen molar-refractivity contribution in [3.63, 3.8) is 0 Å². The van der Waals surface area contributed by atoms with Crippen LogP contribution in [0.4, 0.5) is 0 Å². The minimum Gasteiger partial charge on any atom is -0.480 e. The van der Waals surface area contributed by atoms with E-state index in [4.69, 9.17) is 5.11 Å². The molecule has 0 aromatic heterocycles. The Kier molecular flexibility index (Phi) is 3.83. The third-order valence-corrected chi connectivity index (χ3v) is 2.13. The molecule has 1 unspecified atom stereocenters. The molecule has 0 aliphatic rings. The standard InChI is InChI=1S/C12H13NO3/c1-3-9-4-6-10(7-5-9)11(14)13-8(2)12(15)16/h3-8H,1H2,2H3,(H,13,14)(H,15,16). The number of aliphatic carboxylic acids is 1. The number of hydrogen-bond acceptors (Lipinski definition) is 2. The average molecular weight is 219 g/mol. The van der Waals surface area contributed by atoms with Crippen LogP contribution in [0.1, 0.15) is 22.8 Å². The van der Waals surface area contributed by atoms with Crippen LogP contribution >= 0.6 is 0 Å². The summed E-state index contributed by atoms with van der Waals surface area (Å²) in [6.45, 7) is 5.01. The molecular formula is C12H13NO3. The van der Waals surface area contributed by atoms with Crippen LogP contribution in [-0.4, -0.2) is 23.0 Å². The normalized spacial score (nSPS) is 11.6. The minimum absolute atomic E-state index is 0.398. The van der Waals surface area contributed by atoms with Gasteiger partial charge < -0.3 is 10.4 Å². The molecule has 2 N–H and O–H groups in total. The number of amides is 1. The van der Waals surface area contributed by atoms with Crippen LogP contribution in [0.15, 0.2) is 30.8 Å². The van der Waals surface area contributed by atoms with Gasteiger partial charge in [0, 0.05) is 5.56 Å². The van der Waals surface area contributed by atoms with Gasteiger partial charge in [0.2, 0.25) is 0 Å². The Morgan fingerprint density at radius 1 is 1.38 bits per heavy atom. The van der Waals surface area contributed by atoms with Crippen LogP contribution in [0.5, 0.6) is 0 Å². The van der Waals surface area contributed by atoms with Gasteiger partial charge in [0.15, 0.2) is 0 Å². The summed E-state index contributed by atoms with van der Waals surface area (Å²) in [5, 5.41) is 11.0. The molecule has 84 valence electrons. The number of carboxylic acid groups (broad SMARTS) is 1. The Bertz CT molecular complexity index is 409. The minimum atomic E-state index is -1.06. The van der Waals surface area contributed by atoms with Gasteiger partial charge >= 0.3 is 5.97 Å². The fourth-order valence-corrected chi connectivity index (χ4v) is 1.11. The summed E-state index contributed by atoms with van der Waals surface area (Å²) in [5.41, 5.74) is 1.33. The highest BCUT2D eigenvalue weighted by molar-refractivity contribution is 5.96. The lowest BCUT2D eigenvalue weighted by atomic mass is 10.1. The third kappa shape index (κ3) is 2.95. The molecule has 1 aromatic rings. The lowest BCUT2D eigenvalue weighted by Gasteiger charge is -2.09. The van der Waals surface area contributed by atoms with Crippen LogP contribution in [-0.2, 0) is 4.79 Å². The number of rotatable bonds is 4. The van der Waals surface area contributed by atoms with E-state index in [9.17, 15) is 9.59 Å². The molecule has 4 nitrogen and oxygen atoms in total. The van der Waals surface area contributed by atoms with Crippen molar-refractivity contribution in [2.45, 2.75) is 13.0 Å². The molecule has 0 heterocycles. The molecule has 16 heavy (non-hydrogen) atoms. The summed E-state index contributed by atoms with van der Waals surface area (Å²) in [6.07, 6.45) is 1.67. The molecule has 1 aromatic carbocycles. The Morgan fingerprint density at radius 3 is 2.38 bits per heavy atom. The summed E-state index contributed by atoms with van der Waals surface area (Å²) >= 11 is 0. The number of benzene rings is 1. The van der Waals surface area contributed by atoms with Crippen LogP contribution < -0.4 is 5.32 Å². The first-order valence-electron chi connectivity index (χ1n) is 4.80. The van der Waals surface area contributed by atoms with Gasteiger partial charge in [-0.2, -0.15) is 0 Å². The third-order valence-electron chi connectivity index (χ3n) is 2.13.